The van der Waals surface area contributed by atoms with Crippen molar-refractivity contribution in [3.05, 3.63) is 224 Å². The fraction of sp³-hybridized carbons (Fsp3) is 0. The molecule has 0 N–H and O–H groups in total. The maximum absolute atomic E-state index is 5.28. The van der Waals surface area contributed by atoms with E-state index in [9.17, 15) is 0 Å². The van der Waals surface area contributed by atoms with E-state index in [1.807, 2.05) is 97.1 Å². The summed E-state index contributed by atoms with van der Waals surface area (Å²) in [5.74, 6) is 2.48. The Hall–Kier alpha value is -8.15. The molecule has 8 aromatic carbocycles. The normalized spacial score (nSPS) is 11.0. The fourth-order valence-corrected chi connectivity index (χ4v) is 7.59. The predicted octanol–water partition coefficient (Wildman–Crippen LogP) is 13.7. The van der Waals surface area contributed by atoms with E-state index in [4.69, 9.17) is 24.9 Å². The lowest BCUT2D eigenvalue weighted by atomic mass is 9.90. The van der Waals surface area contributed by atoms with E-state index in [0.29, 0.717) is 23.3 Å². The molecule has 0 spiro atoms. The zero-order valence-electron chi connectivity index (χ0n) is 32.6. The third kappa shape index (κ3) is 7.51. The van der Waals surface area contributed by atoms with Crippen molar-refractivity contribution < 1.29 is 0 Å². The lowest BCUT2D eigenvalue weighted by Gasteiger charge is -2.17. The Morgan fingerprint density at radius 2 is 0.600 bits per heavy atom. The maximum Gasteiger partial charge on any atom is 0.164 e. The molecule has 10 aromatic rings. The largest absolute Gasteiger partial charge is 0.228 e. The summed E-state index contributed by atoms with van der Waals surface area (Å²) < 4.78 is 0. The van der Waals surface area contributed by atoms with Gasteiger partial charge in [0.05, 0.1) is 11.4 Å². The molecule has 60 heavy (non-hydrogen) atoms. The number of rotatable bonds is 9. The molecule has 0 aliphatic carbocycles. The minimum absolute atomic E-state index is 0.600. The van der Waals surface area contributed by atoms with Crippen molar-refractivity contribution in [2.45, 2.75) is 0 Å². The lowest BCUT2D eigenvalue weighted by molar-refractivity contribution is 1.07. The van der Waals surface area contributed by atoms with Gasteiger partial charge in [-0.2, -0.15) is 0 Å². The van der Waals surface area contributed by atoms with Crippen molar-refractivity contribution in [1.29, 1.82) is 0 Å². The highest BCUT2D eigenvalue weighted by Crippen LogP contribution is 2.40. The van der Waals surface area contributed by atoms with Gasteiger partial charge in [0, 0.05) is 33.4 Å². The maximum atomic E-state index is 5.28. The van der Waals surface area contributed by atoms with Gasteiger partial charge < -0.3 is 0 Å². The molecule has 0 atom stereocenters. The molecule has 2 aromatic heterocycles. The van der Waals surface area contributed by atoms with E-state index in [1.54, 1.807) is 0 Å². The first kappa shape index (κ1) is 36.2. The standard InChI is InChI=1S/C55H37N5/c1-6-19-38(20-7-1)43-29-18-30-44(35-43)51-37-50(40-23-10-3-11-24-40)56-54(57-51)45-33-34-47(49(36-45)39-21-8-2-9-22-39)46-31-16-17-32-48(46)55-59-52(41-25-12-4-13-26-41)58-53(60-55)42-27-14-5-15-28-42/h1-37H. The Morgan fingerprint density at radius 3 is 1.20 bits per heavy atom. The zero-order chi connectivity index (χ0) is 40.1. The second-order valence-electron chi connectivity index (χ2n) is 14.5. The molecule has 10 rings (SSSR count). The highest BCUT2D eigenvalue weighted by atomic mass is 15.0. The smallest absolute Gasteiger partial charge is 0.164 e. The molecule has 5 heteroatoms. The summed E-state index contributed by atoms with van der Waals surface area (Å²) in [6.07, 6.45) is 0. The molecule has 0 radical (unpaired) electrons. The molecule has 0 unspecified atom stereocenters. The molecule has 282 valence electrons. The van der Waals surface area contributed by atoms with E-state index in [-0.39, 0.29) is 0 Å². The van der Waals surface area contributed by atoms with Gasteiger partial charge in [-0.15, -0.1) is 0 Å². The summed E-state index contributed by atoms with van der Waals surface area (Å²) in [7, 11) is 0. The Morgan fingerprint density at radius 1 is 0.183 bits per heavy atom. The van der Waals surface area contributed by atoms with Gasteiger partial charge in [0.2, 0.25) is 0 Å². The van der Waals surface area contributed by atoms with Gasteiger partial charge in [-0.05, 0) is 51.6 Å². The first-order valence-electron chi connectivity index (χ1n) is 20.0. The van der Waals surface area contributed by atoms with Gasteiger partial charge in [0.1, 0.15) is 0 Å². The summed E-state index contributed by atoms with van der Waals surface area (Å²) >= 11 is 0. The van der Waals surface area contributed by atoms with Crippen LogP contribution in [0, 0.1) is 0 Å². The van der Waals surface area contributed by atoms with Crippen LogP contribution in [0.3, 0.4) is 0 Å². The Labute approximate surface area is 349 Å². The van der Waals surface area contributed by atoms with Gasteiger partial charge in [-0.3, -0.25) is 0 Å². The highest BCUT2D eigenvalue weighted by Gasteiger charge is 2.19. The van der Waals surface area contributed by atoms with Gasteiger partial charge in [0.15, 0.2) is 23.3 Å². The van der Waals surface area contributed by atoms with Crippen LogP contribution in [0.15, 0.2) is 224 Å². The first-order chi connectivity index (χ1) is 29.7. The van der Waals surface area contributed by atoms with Crippen molar-refractivity contribution >= 4 is 0 Å². The van der Waals surface area contributed by atoms with Crippen LogP contribution >= 0.6 is 0 Å². The van der Waals surface area contributed by atoms with Crippen LogP contribution in [0.2, 0.25) is 0 Å². The Bertz CT molecular complexity index is 3010. The monoisotopic (exact) mass is 767 g/mol. The highest BCUT2D eigenvalue weighted by molar-refractivity contribution is 5.92. The first-order valence-corrected chi connectivity index (χ1v) is 20.0. The molecule has 0 bridgehead atoms. The minimum atomic E-state index is 0.600. The van der Waals surface area contributed by atoms with Crippen molar-refractivity contribution in [2.75, 3.05) is 0 Å². The molecule has 0 saturated carbocycles. The van der Waals surface area contributed by atoms with E-state index >= 15 is 0 Å². The average molecular weight is 768 g/mol. The van der Waals surface area contributed by atoms with Crippen LogP contribution in [0.25, 0.3) is 101 Å². The molecule has 0 aliphatic heterocycles. The number of nitrogens with zero attached hydrogens (tertiary/aromatic N) is 5. The van der Waals surface area contributed by atoms with E-state index < -0.39 is 0 Å². The Balaban J connectivity index is 1.14. The third-order valence-corrected chi connectivity index (χ3v) is 10.6. The summed E-state index contributed by atoms with van der Waals surface area (Å²) in [6, 6.07) is 77.0. The third-order valence-electron chi connectivity index (χ3n) is 10.6. The van der Waals surface area contributed by atoms with Crippen molar-refractivity contribution in [1.82, 2.24) is 24.9 Å². The molecule has 0 saturated heterocycles. The molecule has 5 nitrogen and oxygen atoms in total. The van der Waals surface area contributed by atoms with E-state index in [2.05, 4.69) is 127 Å². The molecule has 0 amide bonds. The number of aromatic nitrogens is 5. The van der Waals surface area contributed by atoms with Crippen molar-refractivity contribution in [3.8, 4) is 101 Å². The van der Waals surface area contributed by atoms with Crippen LogP contribution < -0.4 is 0 Å². The number of hydrogen-bond acceptors (Lipinski definition) is 5. The summed E-state index contributed by atoms with van der Waals surface area (Å²) in [5.41, 5.74) is 13.9. The van der Waals surface area contributed by atoms with Crippen molar-refractivity contribution in [3.63, 3.8) is 0 Å². The summed E-state index contributed by atoms with van der Waals surface area (Å²) in [4.78, 5) is 25.7. The predicted molar refractivity (Wildman–Crippen MR) is 244 cm³/mol. The Kier molecular flexibility index (Phi) is 9.88. The van der Waals surface area contributed by atoms with Gasteiger partial charge >= 0.3 is 0 Å². The lowest BCUT2D eigenvalue weighted by Crippen LogP contribution is -2.01. The van der Waals surface area contributed by atoms with Gasteiger partial charge in [0.25, 0.3) is 0 Å². The second-order valence-corrected chi connectivity index (χ2v) is 14.5. The van der Waals surface area contributed by atoms with Crippen LogP contribution in [-0.2, 0) is 0 Å². The van der Waals surface area contributed by atoms with Crippen LogP contribution in [0.5, 0.6) is 0 Å². The van der Waals surface area contributed by atoms with E-state index in [0.717, 1.165) is 78.1 Å². The summed E-state index contributed by atoms with van der Waals surface area (Å²) in [6.45, 7) is 0. The van der Waals surface area contributed by atoms with Gasteiger partial charge in [-0.25, -0.2) is 24.9 Å². The quantitative estimate of drug-likeness (QED) is 0.146. The molecule has 0 aliphatic rings. The number of hydrogen-bond donors (Lipinski definition) is 0. The average Bonchev–Trinajstić information content (AvgIpc) is 3.35. The zero-order valence-corrected chi connectivity index (χ0v) is 32.6. The summed E-state index contributed by atoms with van der Waals surface area (Å²) in [5, 5.41) is 0. The van der Waals surface area contributed by atoms with E-state index in [1.165, 1.54) is 0 Å². The molecular weight excluding hydrogens is 731 g/mol. The molecule has 0 fully saturated rings. The number of benzene rings is 8. The van der Waals surface area contributed by atoms with Crippen LogP contribution in [-0.4, -0.2) is 24.9 Å². The minimum Gasteiger partial charge on any atom is -0.228 e. The van der Waals surface area contributed by atoms with Gasteiger partial charge in [-0.1, -0.05) is 206 Å². The topological polar surface area (TPSA) is 64.5 Å². The SMILES string of the molecule is c1ccc(-c2cccc(-c3cc(-c4ccccc4)nc(-c4ccc(-c5ccccc5-c5nc(-c6ccccc6)nc(-c6ccccc6)n5)c(-c5ccccc5)c4)n3)c2)cc1. The fourth-order valence-electron chi connectivity index (χ4n) is 7.59. The molecular formula is C55H37N5. The second kappa shape index (κ2) is 16.4. The van der Waals surface area contributed by atoms with Crippen LogP contribution in [0.1, 0.15) is 0 Å². The molecule has 2 heterocycles. The van der Waals surface area contributed by atoms with Crippen LogP contribution in [0.4, 0.5) is 0 Å². The van der Waals surface area contributed by atoms with Crippen molar-refractivity contribution in [2.24, 2.45) is 0 Å².